The predicted octanol–water partition coefficient (Wildman–Crippen LogP) is 6.85. The predicted molar refractivity (Wildman–Crippen MR) is 125 cm³/mol. The van der Waals surface area contributed by atoms with Crippen molar-refractivity contribution in [3.05, 3.63) is 69.8 Å². The number of alkyl halides is 6. The molecule has 2 N–H and O–H groups in total. The van der Waals surface area contributed by atoms with Crippen molar-refractivity contribution in [2.45, 2.75) is 83.9 Å². The van der Waals surface area contributed by atoms with Gasteiger partial charge < -0.3 is 10.2 Å². The van der Waals surface area contributed by atoms with Crippen LogP contribution in [0.2, 0.25) is 0 Å². The first-order valence-corrected chi connectivity index (χ1v) is 11.8. The molecule has 200 valence electrons. The molecule has 2 aromatic carbocycles. The zero-order valence-electron chi connectivity index (χ0n) is 20.6. The number of benzene rings is 2. The van der Waals surface area contributed by atoms with Gasteiger partial charge in [0.05, 0.1) is 13.2 Å². The number of carbonyl (C=O) groups is 1. The molecule has 0 aliphatic heterocycles. The molecule has 0 bridgehead atoms. The van der Waals surface area contributed by atoms with Gasteiger partial charge in [0.2, 0.25) is 0 Å². The van der Waals surface area contributed by atoms with E-state index in [4.69, 9.17) is 0 Å². The fourth-order valence-electron chi connectivity index (χ4n) is 4.24. The van der Waals surface area contributed by atoms with E-state index in [2.05, 4.69) is 0 Å². The number of Topliss-reactive ketones (excluding diaryl/α,β-unsaturated/α-hetero) is 1. The topological polar surface area (TPSA) is 57.5 Å². The molecule has 0 fully saturated rings. The van der Waals surface area contributed by atoms with Crippen molar-refractivity contribution in [3.8, 4) is 0 Å². The van der Waals surface area contributed by atoms with E-state index < -0.39 is 36.9 Å². The standard InChI is InChI=1S/C27H32F6O3/c1-4-18-14-21(25(2,3)12-11-17-5-6-19(15-34)20(13-17)16-35)7-8-22(18)23(36)9-10-24(26(28,29)30)27(31,32)33/h5-8,13-14,24,34-35H,4,9-12,15-16H2,1-3H3. The number of hydrogen-bond acceptors (Lipinski definition) is 3. The van der Waals surface area contributed by atoms with Crippen LogP contribution in [0.1, 0.15) is 78.2 Å². The number of ketones is 1. The third kappa shape index (κ3) is 7.56. The Kier molecular flexibility index (Phi) is 9.76. The molecule has 0 saturated carbocycles. The van der Waals surface area contributed by atoms with Crippen LogP contribution < -0.4 is 0 Å². The fourth-order valence-corrected chi connectivity index (χ4v) is 4.24. The Balaban J connectivity index is 2.17. The molecular formula is C27H32F6O3. The van der Waals surface area contributed by atoms with Gasteiger partial charge in [0.15, 0.2) is 11.7 Å². The van der Waals surface area contributed by atoms with Gasteiger partial charge in [-0.3, -0.25) is 4.79 Å². The largest absolute Gasteiger partial charge is 0.400 e. The van der Waals surface area contributed by atoms with Crippen molar-refractivity contribution in [1.82, 2.24) is 0 Å². The van der Waals surface area contributed by atoms with Crippen LogP contribution in [0.3, 0.4) is 0 Å². The Hall–Kier alpha value is -2.39. The highest BCUT2D eigenvalue weighted by Gasteiger charge is 2.56. The van der Waals surface area contributed by atoms with Crippen LogP contribution >= 0.6 is 0 Å². The molecule has 2 aromatic rings. The number of carbonyl (C=O) groups excluding carboxylic acids is 1. The van der Waals surface area contributed by atoms with Crippen LogP contribution in [-0.2, 0) is 31.5 Å². The molecule has 0 saturated heterocycles. The lowest BCUT2D eigenvalue weighted by molar-refractivity contribution is -0.285. The number of rotatable bonds is 11. The maximum atomic E-state index is 12.8. The van der Waals surface area contributed by atoms with Gasteiger partial charge in [-0.1, -0.05) is 57.2 Å². The Morgan fingerprint density at radius 1 is 0.861 bits per heavy atom. The average Bonchev–Trinajstić information content (AvgIpc) is 2.80. The van der Waals surface area contributed by atoms with Gasteiger partial charge in [0.25, 0.3) is 0 Å². The highest BCUT2D eigenvalue weighted by molar-refractivity contribution is 5.97. The van der Waals surface area contributed by atoms with Crippen LogP contribution in [0.5, 0.6) is 0 Å². The Morgan fingerprint density at radius 3 is 2.00 bits per heavy atom. The summed E-state index contributed by atoms with van der Waals surface area (Å²) in [4.78, 5) is 12.6. The summed E-state index contributed by atoms with van der Waals surface area (Å²) in [7, 11) is 0. The van der Waals surface area contributed by atoms with Crippen LogP contribution in [-0.4, -0.2) is 28.3 Å². The van der Waals surface area contributed by atoms with Gasteiger partial charge in [-0.15, -0.1) is 0 Å². The van der Waals surface area contributed by atoms with Crippen molar-refractivity contribution < 1.29 is 41.4 Å². The first-order chi connectivity index (χ1) is 16.6. The second kappa shape index (κ2) is 11.8. The van der Waals surface area contributed by atoms with Gasteiger partial charge in [-0.2, -0.15) is 26.3 Å². The molecule has 0 radical (unpaired) electrons. The van der Waals surface area contributed by atoms with Gasteiger partial charge >= 0.3 is 12.4 Å². The van der Waals surface area contributed by atoms with Crippen LogP contribution in [0.15, 0.2) is 36.4 Å². The van der Waals surface area contributed by atoms with E-state index in [0.717, 1.165) is 11.1 Å². The van der Waals surface area contributed by atoms with Crippen molar-refractivity contribution in [1.29, 1.82) is 0 Å². The third-order valence-corrected chi connectivity index (χ3v) is 6.67. The molecule has 0 aliphatic carbocycles. The average molecular weight is 519 g/mol. The second-order valence-corrected chi connectivity index (χ2v) is 9.63. The van der Waals surface area contributed by atoms with Gasteiger partial charge in [-0.25, -0.2) is 0 Å². The highest BCUT2D eigenvalue weighted by Crippen LogP contribution is 2.42. The van der Waals surface area contributed by atoms with Crippen LogP contribution in [0, 0.1) is 5.92 Å². The molecule has 0 amide bonds. The van der Waals surface area contributed by atoms with E-state index in [9.17, 15) is 41.4 Å². The minimum absolute atomic E-state index is 0.146. The normalized spacial score (nSPS) is 12.9. The number of hydrogen-bond donors (Lipinski definition) is 2. The van der Waals surface area contributed by atoms with Crippen molar-refractivity contribution >= 4 is 5.78 Å². The lowest BCUT2D eigenvalue weighted by Gasteiger charge is -2.27. The number of aliphatic hydroxyl groups excluding tert-OH is 2. The Morgan fingerprint density at radius 2 is 1.47 bits per heavy atom. The summed E-state index contributed by atoms with van der Waals surface area (Å²) in [6, 6.07) is 10.5. The van der Waals surface area contributed by atoms with E-state index in [1.54, 1.807) is 25.1 Å². The number of aliphatic hydroxyl groups is 2. The smallest absolute Gasteiger partial charge is 0.392 e. The molecule has 0 unspecified atom stereocenters. The first kappa shape index (κ1) is 29.8. The maximum absolute atomic E-state index is 12.8. The van der Waals surface area contributed by atoms with E-state index in [-0.39, 0.29) is 24.2 Å². The van der Waals surface area contributed by atoms with Crippen LogP contribution in [0.25, 0.3) is 0 Å². The third-order valence-electron chi connectivity index (χ3n) is 6.67. The van der Waals surface area contributed by atoms with Crippen LogP contribution in [0.4, 0.5) is 26.3 Å². The lowest BCUT2D eigenvalue weighted by atomic mass is 9.78. The van der Waals surface area contributed by atoms with E-state index in [1.807, 2.05) is 26.0 Å². The maximum Gasteiger partial charge on any atom is 0.400 e. The first-order valence-electron chi connectivity index (χ1n) is 11.8. The van der Waals surface area contributed by atoms with Crippen molar-refractivity contribution in [3.63, 3.8) is 0 Å². The minimum Gasteiger partial charge on any atom is -0.392 e. The molecule has 0 aromatic heterocycles. The molecule has 0 aliphatic rings. The van der Waals surface area contributed by atoms with Gasteiger partial charge in [0.1, 0.15) is 0 Å². The molecule has 0 spiro atoms. The second-order valence-electron chi connectivity index (χ2n) is 9.63. The summed E-state index contributed by atoms with van der Waals surface area (Å²) < 4.78 is 76.9. The fraction of sp³-hybridized carbons (Fsp3) is 0.519. The van der Waals surface area contributed by atoms with E-state index in [0.29, 0.717) is 36.0 Å². The molecule has 36 heavy (non-hydrogen) atoms. The summed E-state index contributed by atoms with van der Waals surface area (Å²) in [5.41, 5.74) is 3.57. The van der Waals surface area contributed by atoms with Gasteiger partial charge in [-0.05, 0) is 58.9 Å². The highest BCUT2D eigenvalue weighted by atomic mass is 19.4. The van der Waals surface area contributed by atoms with Crippen molar-refractivity contribution in [2.75, 3.05) is 0 Å². The summed E-state index contributed by atoms with van der Waals surface area (Å²) in [5.74, 6) is -4.27. The monoisotopic (exact) mass is 518 g/mol. The Labute approximate surface area is 207 Å². The molecule has 0 heterocycles. The summed E-state index contributed by atoms with van der Waals surface area (Å²) >= 11 is 0. The number of halogens is 6. The zero-order chi connectivity index (χ0) is 27.3. The van der Waals surface area contributed by atoms with Gasteiger partial charge in [0, 0.05) is 12.0 Å². The van der Waals surface area contributed by atoms with Crippen molar-refractivity contribution in [2.24, 2.45) is 5.92 Å². The summed E-state index contributed by atoms with van der Waals surface area (Å²) in [6.45, 7) is 5.44. The molecule has 3 nitrogen and oxygen atoms in total. The SMILES string of the molecule is CCc1cc(C(C)(C)CCc2ccc(CO)c(CO)c2)ccc1C(=O)CCC(C(F)(F)F)C(F)(F)F. The lowest BCUT2D eigenvalue weighted by Crippen LogP contribution is -2.36. The molecule has 9 heteroatoms. The molecule has 0 atom stereocenters. The Bertz CT molecular complexity index is 1030. The number of aryl methyl sites for hydroxylation is 2. The zero-order valence-corrected chi connectivity index (χ0v) is 20.6. The quantitative estimate of drug-likeness (QED) is 0.253. The van der Waals surface area contributed by atoms with E-state index >= 15 is 0 Å². The van der Waals surface area contributed by atoms with E-state index in [1.165, 1.54) is 6.07 Å². The summed E-state index contributed by atoms with van der Waals surface area (Å²) in [5, 5.41) is 18.9. The molecular weight excluding hydrogens is 486 g/mol. The minimum atomic E-state index is -5.46. The molecule has 2 rings (SSSR count). The summed E-state index contributed by atoms with van der Waals surface area (Å²) in [6.07, 6.45) is -11.3.